The van der Waals surface area contributed by atoms with Crippen LogP contribution >= 0.6 is 0 Å². The molecule has 0 spiro atoms. The van der Waals surface area contributed by atoms with Crippen molar-refractivity contribution >= 4 is 0 Å². The highest BCUT2D eigenvalue weighted by molar-refractivity contribution is 5.28. The van der Waals surface area contributed by atoms with Gasteiger partial charge in [-0.1, -0.05) is 0 Å². The zero-order chi connectivity index (χ0) is 9.42. The fraction of sp³-hybridized carbons (Fsp3) is 0.667. The first-order chi connectivity index (χ1) is 6.24. The molecule has 4 nitrogen and oxygen atoms in total. The van der Waals surface area contributed by atoms with Crippen molar-refractivity contribution in [2.45, 2.75) is 39.6 Å². The van der Waals surface area contributed by atoms with E-state index in [1.54, 1.807) is 0 Å². The van der Waals surface area contributed by atoms with Gasteiger partial charge in [0.25, 0.3) is 0 Å². The maximum absolute atomic E-state index is 5.69. The van der Waals surface area contributed by atoms with E-state index in [4.69, 9.17) is 10.5 Å². The summed E-state index contributed by atoms with van der Waals surface area (Å²) in [4.78, 5) is 0. The Balaban J connectivity index is 2.47. The van der Waals surface area contributed by atoms with Gasteiger partial charge in [0.2, 0.25) is 0 Å². The van der Waals surface area contributed by atoms with Gasteiger partial charge in [0.15, 0.2) is 0 Å². The van der Waals surface area contributed by atoms with E-state index in [0.29, 0.717) is 25.8 Å². The standard InChI is InChI=1S/C9H15N3O/c1-6(2)12-9(3-10)7-4-13-5-8(7)11-12/h6H,3-5,10H2,1-2H3. The molecule has 2 N–H and O–H groups in total. The van der Waals surface area contributed by atoms with Crippen LogP contribution in [0.15, 0.2) is 0 Å². The SMILES string of the molecule is CC(C)n1nc2c(c1CN)COC2. The van der Waals surface area contributed by atoms with Gasteiger partial charge in [-0.25, -0.2) is 0 Å². The number of nitrogens with two attached hydrogens (primary N) is 1. The van der Waals surface area contributed by atoms with Crippen LogP contribution in [0.25, 0.3) is 0 Å². The van der Waals surface area contributed by atoms with Crippen molar-refractivity contribution in [1.29, 1.82) is 0 Å². The van der Waals surface area contributed by atoms with Gasteiger partial charge in [-0.05, 0) is 13.8 Å². The van der Waals surface area contributed by atoms with Crippen molar-refractivity contribution < 1.29 is 4.74 Å². The largest absolute Gasteiger partial charge is 0.370 e. The van der Waals surface area contributed by atoms with Crippen molar-refractivity contribution in [3.05, 3.63) is 17.0 Å². The Hall–Kier alpha value is -0.870. The molecule has 0 radical (unpaired) electrons. The van der Waals surface area contributed by atoms with Crippen LogP contribution in [-0.4, -0.2) is 9.78 Å². The van der Waals surface area contributed by atoms with Crippen LogP contribution in [0.2, 0.25) is 0 Å². The minimum absolute atomic E-state index is 0.379. The monoisotopic (exact) mass is 181 g/mol. The zero-order valence-electron chi connectivity index (χ0n) is 8.08. The number of ether oxygens (including phenoxy) is 1. The molecule has 0 fully saturated rings. The first-order valence-electron chi connectivity index (χ1n) is 4.61. The van der Waals surface area contributed by atoms with E-state index in [1.807, 2.05) is 4.68 Å². The van der Waals surface area contributed by atoms with Crippen LogP contribution < -0.4 is 5.73 Å². The van der Waals surface area contributed by atoms with Gasteiger partial charge in [0.05, 0.1) is 24.6 Å². The molecule has 1 aliphatic heterocycles. The van der Waals surface area contributed by atoms with E-state index < -0.39 is 0 Å². The lowest BCUT2D eigenvalue weighted by molar-refractivity contribution is 0.129. The molecule has 0 unspecified atom stereocenters. The Kier molecular flexibility index (Phi) is 2.09. The molecule has 72 valence electrons. The fourth-order valence-electron chi connectivity index (χ4n) is 1.73. The van der Waals surface area contributed by atoms with Gasteiger partial charge in [0.1, 0.15) is 0 Å². The van der Waals surface area contributed by atoms with E-state index >= 15 is 0 Å². The summed E-state index contributed by atoms with van der Waals surface area (Å²) >= 11 is 0. The molecular weight excluding hydrogens is 166 g/mol. The summed E-state index contributed by atoms with van der Waals surface area (Å²) < 4.78 is 7.31. The molecule has 0 saturated heterocycles. The van der Waals surface area contributed by atoms with Crippen LogP contribution in [0.5, 0.6) is 0 Å². The minimum atomic E-state index is 0.379. The van der Waals surface area contributed by atoms with Crippen LogP contribution in [0.1, 0.15) is 36.8 Å². The molecule has 0 atom stereocenters. The van der Waals surface area contributed by atoms with Crippen LogP contribution in [0.4, 0.5) is 0 Å². The molecule has 0 aliphatic carbocycles. The Bertz CT molecular complexity index is 317. The highest BCUT2D eigenvalue weighted by Crippen LogP contribution is 2.24. The predicted octanol–water partition coefficient (Wildman–Crippen LogP) is 0.953. The number of hydrogen-bond acceptors (Lipinski definition) is 3. The second kappa shape index (κ2) is 3.12. The minimum Gasteiger partial charge on any atom is -0.370 e. The number of nitrogens with zero attached hydrogens (tertiary/aromatic N) is 2. The van der Waals surface area contributed by atoms with Crippen molar-refractivity contribution in [2.24, 2.45) is 5.73 Å². The smallest absolute Gasteiger partial charge is 0.0940 e. The quantitative estimate of drug-likeness (QED) is 0.739. The number of rotatable bonds is 2. The Morgan fingerprint density at radius 1 is 1.54 bits per heavy atom. The molecule has 2 heterocycles. The number of aromatic nitrogens is 2. The van der Waals surface area contributed by atoms with Crippen molar-refractivity contribution in [1.82, 2.24) is 9.78 Å². The van der Waals surface area contributed by atoms with Gasteiger partial charge < -0.3 is 10.5 Å². The third-order valence-electron chi connectivity index (χ3n) is 2.37. The fourth-order valence-corrected chi connectivity index (χ4v) is 1.73. The molecule has 1 aromatic heterocycles. The maximum Gasteiger partial charge on any atom is 0.0940 e. The van der Waals surface area contributed by atoms with E-state index in [9.17, 15) is 0 Å². The summed E-state index contributed by atoms with van der Waals surface area (Å²) in [5.74, 6) is 0. The molecule has 4 heteroatoms. The van der Waals surface area contributed by atoms with Crippen molar-refractivity contribution in [3.63, 3.8) is 0 Å². The summed E-state index contributed by atoms with van der Waals surface area (Å²) in [6, 6.07) is 0.379. The van der Waals surface area contributed by atoms with E-state index in [2.05, 4.69) is 18.9 Å². The zero-order valence-corrected chi connectivity index (χ0v) is 8.08. The van der Waals surface area contributed by atoms with Crippen LogP contribution in [0.3, 0.4) is 0 Å². The Morgan fingerprint density at radius 2 is 2.31 bits per heavy atom. The molecule has 0 saturated carbocycles. The second-order valence-corrected chi connectivity index (χ2v) is 3.61. The molecule has 13 heavy (non-hydrogen) atoms. The normalized spacial score (nSPS) is 15.4. The lowest BCUT2D eigenvalue weighted by Crippen LogP contribution is -2.12. The van der Waals surface area contributed by atoms with Gasteiger partial charge >= 0.3 is 0 Å². The third-order valence-corrected chi connectivity index (χ3v) is 2.37. The highest BCUT2D eigenvalue weighted by atomic mass is 16.5. The molecule has 2 rings (SSSR count). The molecule has 1 aliphatic rings. The lowest BCUT2D eigenvalue weighted by atomic mass is 10.2. The summed E-state index contributed by atoms with van der Waals surface area (Å²) in [5, 5.41) is 4.47. The second-order valence-electron chi connectivity index (χ2n) is 3.61. The first kappa shape index (κ1) is 8.72. The summed E-state index contributed by atoms with van der Waals surface area (Å²) in [5.41, 5.74) is 9.09. The molecule has 0 amide bonds. The molecule has 1 aromatic rings. The predicted molar refractivity (Wildman–Crippen MR) is 49.0 cm³/mol. The van der Waals surface area contributed by atoms with E-state index in [1.165, 1.54) is 5.56 Å². The average Bonchev–Trinajstić information content (AvgIpc) is 2.60. The average molecular weight is 181 g/mol. The lowest BCUT2D eigenvalue weighted by Gasteiger charge is -2.10. The molecular formula is C9H15N3O. The maximum atomic E-state index is 5.69. The Morgan fingerprint density at radius 3 is 2.92 bits per heavy atom. The number of hydrogen-bond donors (Lipinski definition) is 1. The van der Waals surface area contributed by atoms with Gasteiger partial charge in [-0.3, -0.25) is 4.68 Å². The Labute approximate surface area is 77.7 Å². The highest BCUT2D eigenvalue weighted by Gasteiger charge is 2.22. The topological polar surface area (TPSA) is 53.1 Å². The third kappa shape index (κ3) is 1.26. The summed E-state index contributed by atoms with van der Waals surface area (Å²) in [6.45, 7) is 6.09. The van der Waals surface area contributed by atoms with Gasteiger partial charge in [0, 0.05) is 18.2 Å². The number of fused-ring (bicyclic) bond motifs is 1. The van der Waals surface area contributed by atoms with Crippen molar-refractivity contribution in [3.8, 4) is 0 Å². The van der Waals surface area contributed by atoms with Crippen molar-refractivity contribution in [2.75, 3.05) is 0 Å². The van der Waals surface area contributed by atoms with E-state index in [0.717, 1.165) is 11.4 Å². The summed E-state index contributed by atoms with van der Waals surface area (Å²) in [6.07, 6.45) is 0. The van der Waals surface area contributed by atoms with Crippen LogP contribution in [-0.2, 0) is 24.5 Å². The van der Waals surface area contributed by atoms with Gasteiger partial charge in [-0.15, -0.1) is 0 Å². The van der Waals surface area contributed by atoms with Gasteiger partial charge in [-0.2, -0.15) is 5.10 Å². The van der Waals surface area contributed by atoms with Crippen LogP contribution in [0, 0.1) is 0 Å². The molecule has 0 aromatic carbocycles. The summed E-state index contributed by atoms with van der Waals surface area (Å²) in [7, 11) is 0. The molecule has 0 bridgehead atoms. The van der Waals surface area contributed by atoms with E-state index in [-0.39, 0.29) is 0 Å². The first-order valence-corrected chi connectivity index (χ1v) is 4.61.